The van der Waals surface area contributed by atoms with Crippen LogP contribution in [0.1, 0.15) is 5.82 Å². The lowest BCUT2D eigenvalue weighted by Gasteiger charge is -2.17. The summed E-state index contributed by atoms with van der Waals surface area (Å²) in [4.78, 5) is 4.24. The Morgan fingerprint density at radius 1 is 1.29 bits per heavy atom. The van der Waals surface area contributed by atoms with Crippen LogP contribution in [0.3, 0.4) is 0 Å². The number of imidazole rings is 1. The van der Waals surface area contributed by atoms with Gasteiger partial charge in [0.15, 0.2) is 0 Å². The SMILES string of the molecule is Fc1ccc(-c2cnc3n2CCNC3)c(F)c1. The first-order valence-electron chi connectivity index (χ1n) is 5.46. The minimum atomic E-state index is -0.564. The van der Waals surface area contributed by atoms with E-state index in [1.54, 1.807) is 6.20 Å². The molecule has 0 saturated heterocycles. The molecule has 1 aliphatic heterocycles. The van der Waals surface area contributed by atoms with Crippen molar-refractivity contribution in [3.63, 3.8) is 0 Å². The number of hydrogen-bond donors (Lipinski definition) is 1. The molecule has 0 atom stereocenters. The van der Waals surface area contributed by atoms with Crippen molar-refractivity contribution in [2.24, 2.45) is 0 Å². The van der Waals surface area contributed by atoms with Crippen LogP contribution in [0.25, 0.3) is 11.3 Å². The Morgan fingerprint density at radius 3 is 3.00 bits per heavy atom. The third kappa shape index (κ3) is 1.72. The van der Waals surface area contributed by atoms with Crippen LogP contribution in [0.2, 0.25) is 0 Å². The van der Waals surface area contributed by atoms with Gasteiger partial charge in [-0.2, -0.15) is 0 Å². The van der Waals surface area contributed by atoms with Crippen molar-refractivity contribution in [3.05, 3.63) is 41.9 Å². The smallest absolute Gasteiger partial charge is 0.135 e. The molecule has 1 N–H and O–H groups in total. The van der Waals surface area contributed by atoms with Crippen molar-refractivity contribution >= 4 is 0 Å². The van der Waals surface area contributed by atoms with Gasteiger partial charge in [-0.15, -0.1) is 0 Å². The number of hydrogen-bond acceptors (Lipinski definition) is 2. The quantitative estimate of drug-likeness (QED) is 0.818. The summed E-state index contributed by atoms with van der Waals surface area (Å²) in [5.74, 6) is -0.229. The topological polar surface area (TPSA) is 29.9 Å². The molecule has 17 heavy (non-hydrogen) atoms. The van der Waals surface area contributed by atoms with Gasteiger partial charge in [-0.3, -0.25) is 0 Å². The molecule has 88 valence electrons. The molecule has 3 nitrogen and oxygen atoms in total. The average Bonchev–Trinajstić information content (AvgIpc) is 2.73. The highest BCUT2D eigenvalue weighted by molar-refractivity contribution is 5.60. The van der Waals surface area contributed by atoms with Gasteiger partial charge in [0.1, 0.15) is 17.5 Å². The van der Waals surface area contributed by atoms with Gasteiger partial charge in [0, 0.05) is 24.7 Å². The van der Waals surface area contributed by atoms with Crippen LogP contribution in [0.5, 0.6) is 0 Å². The maximum absolute atomic E-state index is 13.7. The monoisotopic (exact) mass is 235 g/mol. The van der Waals surface area contributed by atoms with Crippen molar-refractivity contribution in [2.75, 3.05) is 6.54 Å². The number of aromatic nitrogens is 2. The predicted molar refractivity (Wildman–Crippen MR) is 59.3 cm³/mol. The van der Waals surface area contributed by atoms with Crippen LogP contribution < -0.4 is 5.32 Å². The van der Waals surface area contributed by atoms with Crippen molar-refractivity contribution in [1.29, 1.82) is 0 Å². The lowest BCUT2D eigenvalue weighted by atomic mass is 10.1. The second-order valence-corrected chi connectivity index (χ2v) is 4.01. The predicted octanol–water partition coefficient (Wildman–Crippen LogP) is 1.93. The van der Waals surface area contributed by atoms with Gasteiger partial charge in [-0.05, 0) is 12.1 Å². The summed E-state index contributed by atoms with van der Waals surface area (Å²) >= 11 is 0. The molecular weight excluding hydrogens is 224 g/mol. The molecule has 0 spiro atoms. The normalized spacial score (nSPS) is 14.7. The van der Waals surface area contributed by atoms with Crippen LogP contribution in [0.4, 0.5) is 8.78 Å². The Kier molecular flexibility index (Phi) is 2.40. The Labute approximate surface area is 97.1 Å². The van der Waals surface area contributed by atoms with Crippen LogP contribution in [-0.4, -0.2) is 16.1 Å². The molecular formula is C12H11F2N3. The van der Waals surface area contributed by atoms with Crippen LogP contribution in [0.15, 0.2) is 24.4 Å². The van der Waals surface area contributed by atoms with Crippen molar-refractivity contribution in [2.45, 2.75) is 13.1 Å². The highest BCUT2D eigenvalue weighted by atomic mass is 19.1. The number of rotatable bonds is 1. The minimum absolute atomic E-state index is 0.395. The minimum Gasteiger partial charge on any atom is -0.326 e. The van der Waals surface area contributed by atoms with Crippen molar-refractivity contribution < 1.29 is 8.78 Å². The molecule has 0 radical (unpaired) electrons. The molecule has 2 aromatic rings. The van der Waals surface area contributed by atoms with E-state index in [4.69, 9.17) is 0 Å². The van der Waals surface area contributed by atoms with E-state index in [0.29, 0.717) is 17.8 Å². The summed E-state index contributed by atoms with van der Waals surface area (Å²) in [6.45, 7) is 2.27. The molecule has 0 saturated carbocycles. The van der Waals surface area contributed by atoms with Crippen LogP contribution in [-0.2, 0) is 13.1 Å². The summed E-state index contributed by atoms with van der Waals surface area (Å²) in [7, 11) is 0. The van der Waals surface area contributed by atoms with E-state index < -0.39 is 11.6 Å². The van der Waals surface area contributed by atoms with E-state index >= 15 is 0 Å². The summed E-state index contributed by atoms with van der Waals surface area (Å²) in [5.41, 5.74) is 1.10. The molecule has 0 aliphatic carbocycles. The number of fused-ring (bicyclic) bond motifs is 1. The molecule has 0 fully saturated rings. The molecule has 0 bridgehead atoms. The van der Waals surface area contributed by atoms with Gasteiger partial charge in [0.25, 0.3) is 0 Å². The lowest BCUT2D eigenvalue weighted by Crippen LogP contribution is -2.28. The van der Waals surface area contributed by atoms with Gasteiger partial charge in [0.05, 0.1) is 18.4 Å². The third-order valence-electron chi connectivity index (χ3n) is 2.94. The summed E-state index contributed by atoms with van der Waals surface area (Å²) < 4.78 is 28.5. The van der Waals surface area contributed by atoms with Crippen molar-refractivity contribution in [1.82, 2.24) is 14.9 Å². The number of halogens is 2. The van der Waals surface area contributed by atoms with E-state index in [2.05, 4.69) is 10.3 Å². The molecule has 0 amide bonds. The van der Waals surface area contributed by atoms with E-state index in [1.165, 1.54) is 12.1 Å². The van der Waals surface area contributed by atoms with Crippen molar-refractivity contribution in [3.8, 4) is 11.3 Å². The fourth-order valence-corrected chi connectivity index (χ4v) is 2.11. The maximum atomic E-state index is 13.7. The maximum Gasteiger partial charge on any atom is 0.135 e. The average molecular weight is 235 g/mol. The Morgan fingerprint density at radius 2 is 2.18 bits per heavy atom. The zero-order valence-corrected chi connectivity index (χ0v) is 9.08. The fraction of sp³-hybridized carbons (Fsp3) is 0.250. The highest BCUT2D eigenvalue weighted by Crippen LogP contribution is 2.25. The lowest BCUT2D eigenvalue weighted by molar-refractivity contribution is 0.507. The van der Waals surface area contributed by atoms with Gasteiger partial charge in [0.2, 0.25) is 0 Å². The third-order valence-corrected chi connectivity index (χ3v) is 2.94. The number of nitrogens with zero attached hydrogens (tertiary/aromatic N) is 2. The fourth-order valence-electron chi connectivity index (χ4n) is 2.11. The molecule has 0 unspecified atom stereocenters. The Hall–Kier alpha value is -1.75. The molecule has 5 heteroatoms. The molecule has 2 heterocycles. The Balaban J connectivity index is 2.12. The summed E-state index contributed by atoms with van der Waals surface area (Å²) in [6, 6.07) is 3.62. The second kappa shape index (κ2) is 3.92. The second-order valence-electron chi connectivity index (χ2n) is 4.01. The standard InChI is InChI=1S/C12H11F2N3/c13-8-1-2-9(10(14)5-8)11-6-16-12-7-15-3-4-17(11)12/h1-2,5-6,15H,3-4,7H2. The van der Waals surface area contributed by atoms with Gasteiger partial charge < -0.3 is 9.88 Å². The van der Waals surface area contributed by atoms with Gasteiger partial charge in [-0.25, -0.2) is 13.8 Å². The Bertz CT molecular complexity index is 563. The van der Waals surface area contributed by atoms with Gasteiger partial charge >= 0.3 is 0 Å². The first-order valence-corrected chi connectivity index (χ1v) is 5.46. The van der Waals surface area contributed by atoms with Crippen LogP contribution >= 0.6 is 0 Å². The summed E-state index contributed by atoms with van der Waals surface area (Å²) in [5, 5.41) is 3.19. The molecule has 3 rings (SSSR count). The molecule has 1 aromatic carbocycles. The van der Waals surface area contributed by atoms with E-state index in [0.717, 1.165) is 25.0 Å². The first kappa shape index (κ1) is 10.4. The van der Waals surface area contributed by atoms with E-state index in [1.807, 2.05) is 4.57 Å². The number of benzene rings is 1. The van der Waals surface area contributed by atoms with Gasteiger partial charge in [-0.1, -0.05) is 0 Å². The summed E-state index contributed by atoms with van der Waals surface area (Å²) in [6.07, 6.45) is 1.64. The zero-order valence-electron chi connectivity index (χ0n) is 9.08. The number of nitrogens with one attached hydrogen (secondary N) is 1. The van der Waals surface area contributed by atoms with Crippen LogP contribution in [0, 0.1) is 11.6 Å². The zero-order chi connectivity index (χ0) is 11.8. The highest BCUT2D eigenvalue weighted by Gasteiger charge is 2.17. The molecule has 1 aliphatic rings. The largest absolute Gasteiger partial charge is 0.326 e. The van der Waals surface area contributed by atoms with E-state index in [-0.39, 0.29) is 0 Å². The first-order chi connectivity index (χ1) is 8.25. The molecule has 1 aromatic heterocycles. The van der Waals surface area contributed by atoms with E-state index in [9.17, 15) is 8.78 Å².